The summed E-state index contributed by atoms with van der Waals surface area (Å²) in [5.41, 5.74) is 1.81. The molecule has 2 aromatic carbocycles. The van der Waals surface area contributed by atoms with E-state index in [1.807, 2.05) is 13.0 Å². The molecule has 2 aromatic rings. The highest BCUT2D eigenvalue weighted by Crippen LogP contribution is 2.53. The van der Waals surface area contributed by atoms with E-state index in [1.54, 1.807) is 18.2 Å². The van der Waals surface area contributed by atoms with E-state index < -0.39 is 4.92 Å². The lowest BCUT2D eigenvalue weighted by Gasteiger charge is -2.37. The standard InChI is InChI=1S/C20H19FN2O3/c1-2-26-12-10-16-13-7-5-8-14(13)19(15-6-3-4-9-17(15)21)22-20(16)18(11-12)23(24)25/h3-7,9-11,13-14,19,22H,2,8H2,1H3/t13-,14+,19-/m1/s1. The lowest BCUT2D eigenvalue weighted by Crippen LogP contribution is -2.30. The van der Waals surface area contributed by atoms with E-state index in [-0.39, 0.29) is 29.4 Å². The topological polar surface area (TPSA) is 64.4 Å². The van der Waals surface area contributed by atoms with Crippen molar-refractivity contribution in [3.63, 3.8) is 0 Å². The van der Waals surface area contributed by atoms with E-state index in [0.717, 1.165) is 12.0 Å². The molecule has 1 aliphatic carbocycles. The average molecular weight is 354 g/mol. The largest absolute Gasteiger partial charge is 0.494 e. The van der Waals surface area contributed by atoms with E-state index in [9.17, 15) is 14.5 Å². The molecular formula is C20H19FN2O3. The molecule has 5 nitrogen and oxygen atoms in total. The van der Waals surface area contributed by atoms with Crippen LogP contribution in [-0.4, -0.2) is 11.5 Å². The van der Waals surface area contributed by atoms with Crippen molar-refractivity contribution >= 4 is 11.4 Å². The van der Waals surface area contributed by atoms with Gasteiger partial charge in [0, 0.05) is 11.5 Å². The second-order valence-electron chi connectivity index (χ2n) is 6.59. The van der Waals surface area contributed by atoms with Crippen LogP contribution in [0.1, 0.15) is 36.4 Å². The molecule has 4 rings (SSSR count). The van der Waals surface area contributed by atoms with Crippen LogP contribution in [0.5, 0.6) is 5.75 Å². The Morgan fingerprint density at radius 2 is 2.12 bits per heavy atom. The molecule has 26 heavy (non-hydrogen) atoms. The van der Waals surface area contributed by atoms with Crippen LogP contribution in [0.2, 0.25) is 0 Å². The molecule has 2 aliphatic rings. The highest BCUT2D eigenvalue weighted by atomic mass is 19.1. The second kappa shape index (κ2) is 6.44. The number of ether oxygens (including phenoxy) is 1. The van der Waals surface area contributed by atoms with Crippen molar-refractivity contribution in [3.05, 3.63) is 75.6 Å². The molecule has 0 saturated carbocycles. The zero-order chi connectivity index (χ0) is 18.3. The van der Waals surface area contributed by atoms with Crippen molar-refractivity contribution in [2.75, 3.05) is 11.9 Å². The minimum atomic E-state index is -0.411. The van der Waals surface area contributed by atoms with Crippen LogP contribution in [0, 0.1) is 21.8 Å². The number of nitro groups is 1. The highest BCUT2D eigenvalue weighted by molar-refractivity contribution is 5.73. The number of halogens is 1. The fourth-order valence-electron chi connectivity index (χ4n) is 4.08. The van der Waals surface area contributed by atoms with Gasteiger partial charge in [-0.2, -0.15) is 0 Å². The zero-order valence-corrected chi connectivity index (χ0v) is 14.3. The van der Waals surface area contributed by atoms with Crippen molar-refractivity contribution < 1.29 is 14.1 Å². The first-order valence-electron chi connectivity index (χ1n) is 8.73. The molecule has 0 radical (unpaired) electrons. The van der Waals surface area contributed by atoms with Crippen LogP contribution >= 0.6 is 0 Å². The van der Waals surface area contributed by atoms with Gasteiger partial charge in [0.15, 0.2) is 0 Å². The SMILES string of the molecule is CCOc1cc2c(c([N+](=O)[O-])c1)N[C@@H](c1ccccc1F)[C@H]1CC=C[C@@H]21. The van der Waals surface area contributed by atoms with Gasteiger partial charge in [0.05, 0.1) is 23.6 Å². The van der Waals surface area contributed by atoms with Gasteiger partial charge >= 0.3 is 0 Å². The van der Waals surface area contributed by atoms with Gasteiger partial charge in [0.1, 0.15) is 17.3 Å². The van der Waals surface area contributed by atoms with Crippen molar-refractivity contribution in [1.29, 1.82) is 0 Å². The van der Waals surface area contributed by atoms with Crippen molar-refractivity contribution in [1.82, 2.24) is 0 Å². The lowest BCUT2D eigenvalue weighted by molar-refractivity contribution is -0.384. The average Bonchev–Trinajstić information content (AvgIpc) is 3.11. The maximum atomic E-state index is 14.4. The molecule has 1 aliphatic heterocycles. The minimum absolute atomic E-state index is 0.00466. The molecule has 0 amide bonds. The number of hydrogen-bond donors (Lipinski definition) is 1. The quantitative estimate of drug-likeness (QED) is 0.479. The molecule has 0 unspecified atom stereocenters. The number of nitrogens with one attached hydrogen (secondary N) is 1. The summed E-state index contributed by atoms with van der Waals surface area (Å²) in [6, 6.07) is 9.59. The Balaban J connectivity index is 1.87. The Bertz CT molecular complexity index is 897. The molecule has 0 saturated heterocycles. The second-order valence-corrected chi connectivity index (χ2v) is 6.59. The van der Waals surface area contributed by atoms with E-state index in [0.29, 0.717) is 23.6 Å². The lowest BCUT2D eigenvalue weighted by atomic mass is 9.76. The predicted molar refractivity (Wildman–Crippen MR) is 97.0 cm³/mol. The van der Waals surface area contributed by atoms with Crippen LogP contribution in [-0.2, 0) is 0 Å². The van der Waals surface area contributed by atoms with E-state index >= 15 is 0 Å². The number of benzene rings is 2. The first kappa shape index (κ1) is 16.6. The molecule has 1 N–H and O–H groups in total. The summed E-state index contributed by atoms with van der Waals surface area (Å²) in [7, 11) is 0. The van der Waals surface area contributed by atoms with Gasteiger partial charge in [-0.1, -0.05) is 30.4 Å². The zero-order valence-electron chi connectivity index (χ0n) is 14.3. The molecular weight excluding hydrogens is 335 g/mol. The van der Waals surface area contributed by atoms with Crippen molar-refractivity contribution in [2.24, 2.45) is 5.92 Å². The minimum Gasteiger partial charge on any atom is -0.494 e. The summed E-state index contributed by atoms with van der Waals surface area (Å²) in [6.45, 7) is 2.28. The molecule has 6 heteroatoms. The monoisotopic (exact) mass is 354 g/mol. The van der Waals surface area contributed by atoms with Gasteiger partial charge in [0.25, 0.3) is 5.69 Å². The van der Waals surface area contributed by atoms with Gasteiger partial charge in [0.2, 0.25) is 0 Å². The molecule has 0 bridgehead atoms. The smallest absolute Gasteiger partial charge is 0.296 e. The number of rotatable bonds is 4. The third-order valence-corrected chi connectivity index (χ3v) is 5.17. The number of nitro benzene ring substituents is 1. The molecule has 1 heterocycles. The Morgan fingerprint density at radius 1 is 1.31 bits per heavy atom. The van der Waals surface area contributed by atoms with Crippen LogP contribution in [0.15, 0.2) is 48.6 Å². The fourth-order valence-corrected chi connectivity index (χ4v) is 4.08. The van der Waals surface area contributed by atoms with Crippen LogP contribution in [0.4, 0.5) is 15.8 Å². The summed E-state index contributed by atoms with van der Waals surface area (Å²) in [5.74, 6) is 0.293. The summed E-state index contributed by atoms with van der Waals surface area (Å²) in [4.78, 5) is 11.2. The van der Waals surface area contributed by atoms with E-state index in [4.69, 9.17) is 4.74 Å². The maximum Gasteiger partial charge on any atom is 0.296 e. The van der Waals surface area contributed by atoms with Gasteiger partial charge in [-0.3, -0.25) is 10.1 Å². The Morgan fingerprint density at radius 3 is 2.85 bits per heavy atom. The number of nitrogens with zero attached hydrogens (tertiary/aromatic N) is 1. The molecule has 3 atom stereocenters. The number of hydrogen-bond acceptors (Lipinski definition) is 4. The number of allylic oxidation sites excluding steroid dienone is 2. The third-order valence-electron chi connectivity index (χ3n) is 5.17. The number of fused-ring (bicyclic) bond motifs is 3. The summed E-state index contributed by atoms with van der Waals surface area (Å²) in [5, 5.41) is 14.9. The van der Waals surface area contributed by atoms with Crippen LogP contribution in [0.25, 0.3) is 0 Å². The predicted octanol–water partition coefficient (Wildman–Crippen LogP) is 4.96. The van der Waals surface area contributed by atoms with E-state index in [2.05, 4.69) is 17.5 Å². The first-order chi connectivity index (χ1) is 12.6. The fraction of sp³-hybridized carbons (Fsp3) is 0.300. The summed E-state index contributed by atoms with van der Waals surface area (Å²) >= 11 is 0. The summed E-state index contributed by atoms with van der Waals surface area (Å²) < 4.78 is 19.9. The van der Waals surface area contributed by atoms with Gasteiger partial charge < -0.3 is 10.1 Å². The highest BCUT2D eigenvalue weighted by Gasteiger charge is 2.41. The van der Waals surface area contributed by atoms with Gasteiger partial charge in [-0.25, -0.2) is 4.39 Å². The van der Waals surface area contributed by atoms with Crippen LogP contribution < -0.4 is 10.1 Å². The van der Waals surface area contributed by atoms with Gasteiger partial charge in [-0.15, -0.1) is 0 Å². The van der Waals surface area contributed by atoms with E-state index in [1.165, 1.54) is 12.1 Å². The van der Waals surface area contributed by atoms with Crippen LogP contribution in [0.3, 0.4) is 0 Å². The normalized spacial score (nSPS) is 23.1. The van der Waals surface area contributed by atoms with Crippen molar-refractivity contribution in [2.45, 2.75) is 25.3 Å². The van der Waals surface area contributed by atoms with Gasteiger partial charge in [-0.05, 0) is 37.0 Å². The Kier molecular flexibility index (Phi) is 4.11. The molecule has 0 aromatic heterocycles. The van der Waals surface area contributed by atoms with Crippen molar-refractivity contribution in [3.8, 4) is 5.75 Å². The number of anilines is 1. The molecule has 0 spiro atoms. The Labute approximate surface area is 150 Å². The molecule has 0 fully saturated rings. The third kappa shape index (κ3) is 2.62. The summed E-state index contributed by atoms with van der Waals surface area (Å²) in [6.07, 6.45) is 4.93. The molecule has 134 valence electrons. The first-order valence-corrected chi connectivity index (χ1v) is 8.73. The maximum absolute atomic E-state index is 14.4. The Hall–Kier alpha value is -2.89.